The SMILES string of the molecule is COC(=O)CNC(=O)CC1C(=O)Nc2ccccc2N1S(=O)(=O)c1cc(C)c(Cl)cc1C. The lowest BCUT2D eigenvalue weighted by molar-refractivity contribution is -0.141. The summed E-state index contributed by atoms with van der Waals surface area (Å²) < 4.78 is 33.0. The Labute approximate surface area is 190 Å². The monoisotopic (exact) mass is 479 g/mol. The summed E-state index contributed by atoms with van der Waals surface area (Å²) in [7, 11) is -3.10. The second-order valence-corrected chi connectivity index (χ2v) is 9.44. The third-order valence-electron chi connectivity index (χ3n) is 5.01. The van der Waals surface area contributed by atoms with Crippen molar-refractivity contribution >= 4 is 50.8 Å². The Balaban J connectivity index is 2.07. The zero-order valence-corrected chi connectivity index (χ0v) is 19.2. The third-order valence-corrected chi connectivity index (χ3v) is 7.39. The second kappa shape index (κ2) is 9.17. The number of anilines is 2. The Morgan fingerprint density at radius 2 is 1.88 bits per heavy atom. The first-order valence-corrected chi connectivity index (χ1v) is 11.4. The molecular formula is C21H22ClN3O6S. The Hall–Kier alpha value is -3.11. The zero-order valence-electron chi connectivity index (χ0n) is 17.6. The van der Waals surface area contributed by atoms with E-state index in [1.165, 1.54) is 19.2 Å². The Morgan fingerprint density at radius 1 is 1.19 bits per heavy atom. The van der Waals surface area contributed by atoms with E-state index in [1.54, 1.807) is 38.1 Å². The van der Waals surface area contributed by atoms with Crippen molar-refractivity contribution in [2.24, 2.45) is 0 Å². The topological polar surface area (TPSA) is 122 Å². The zero-order chi connectivity index (χ0) is 23.6. The van der Waals surface area contributed by atoms with Gasteiger partial charge < -0.3 is 15.4 Å². The van der Waals surface area contributed by atoms with Gasteiger partial charge in [-0.1, -0.05) is 23.7 Å². The maximum atomic E-state index is 13.8. The van der Waals surface area contributed by atoms with E-state index in [2.05, 4.69) is 15.4 Å². The van der Waals surface area contributed by atoms with Crippen molar-refractivity contribution in [3.05, 3.63) is 52.5 Å². The standard InChI is InChI=1S/C21H22ClN3O6S/c1-12-9-18(13(2)8-14(12)22)32(29,30)25-16-7-5-4-6-15(16)24-21(28)17(25)10-19(26)23-11-20(27)31-3/h4-9,17H,10-11H2,1-3H3,(H,23,26)(H,24,28). The average molecular weight is 480 g/mol. The van der Waals surface area contributed by atoms with E-state index >= 15 is 0 Å². The first-order chi connectivity index (χ1) is 15.1. The average Bonchev–Trinajstić information content (AvgIpc) is 2.74. The number of amides is 2. The number of esters is 1. The lowest BCUT2D eigenvalue weighted by atomic mass is 10.1. The number of hydrogen-bond acceptors (Lipinski definition) is 6. The summed E-state index contributed by atoms with van der Waals surface area (Å²) in [6.07, 6.45) is -0.498. The van der Waals surface area contributed by atoms with Gasteiger partial charge in [0.25, 0.3) is 10.0 Å². The summed E-state index contributed by atoms with van der Waals surface area (Å²) in [5.41, 5.74) is 1.48. The van der Waals surface area contributed by atoms with Crippen molar-refractivity contribution in [3.63, 3.8) is 0 Å². The molecular weight excluding hydrogens is 458 g/mol. The van der Waals surface area contributed by atoms with E-state index in [0.29, 0.717) is 21.8 Å². The van der Waals surface area contributed by atoms with Crippen LogP contribution in [0, 0.1) is 13.8 Å². The number of fused-ring (bicyclic) bond motifs is 1. The highest BCUT2D eigenvalue weighted by atomic mass is 35.5. The molecule has 32 heavy (non-hydrogen) atoms. The van der Waals surface area contributed by atoms with Crippen LogP contribution in [0.5, 0.6) is 0 Å². The molecule has 170 valence electrons. The number of halogens is 1. The van der Waals surface area contributed by atoms with Crippen molar-refractivity contribution in [1.29, 1.82) is 0 Å². The van der Waals surface area contributed by atoms with E-state index in [9.17, 15) is 22.8 Å². The molecule has 0 bridgehead atoms. The highest BCUT2D eigenvalue weighted by Crippen LogP contribution is 2.38. The van der Waals surface area contributed by atoms with Crippen LogP contribution in [0.1, 0.15) is 17.5 Å². The molecule has 9 nitrogen and oxygen atoms in total. The number of rotatable bonds is 6. The quantitative estimate of drug-likeness (QED) is 0.612. The second-order valence-electron chi connectivity index (χ2n) is 7.25. The van der Waals surface area contributed by atoms with Crippen LogP contribution in [0.25, 0.3) is 0 Å². The van der Waals surface area contributed by atoms with Crippen LogP contribution in [-0.4, -0.2) is 45.9 Å². The summed E-state index contributed by atoms with van der Waals surface area (Å²) in [6, 6.07) is 8.02. The molecule has 0 aromatic heterocycles. The molecule has 2 N–H and O–H groups in total. The largest absolute Gasteiger partial charge is 0.468 e. The number of para-hydroxylation sites is 2. The first kappa shape index (κ1) is 23.6. The molecule has 3 rings (SSSR count). The molecule has 0 fully saturated rings. The van der Waals surface area contributed by atoms with Crippen LogP contribution in [-0.2, 0) is 29.1 Å². The van der Waals surface area contributed by atoms with Crippen LogP contribution in [0.15, 0.2) is 41.3 Å². The summed E-state index contributed by atoms with van der Waals surface area (Å²) in [6.45, 7) is 2.88. The van der Waals surface area contributed by atoms with Crippen LogP contribution in [0.3, 0.4) is 0 Å². The van der Waals surface area contributed by atoms with Gasteiger partial charge in [0, 0.05) is 5.02 Å². The predicted molar refractivity (Wildman–Crippen MR) is 119 cm³/mol. The molecule has 1 aliphatic rings. The summed E-state index contributed by atoms with van der Waals surface area (Å²) in [5.74, 6) is -2.02. The fourth-order valence-corrected chi connectivity index (χ4v) is 5.51. The molecule has 1 heterocycles. The summed E-state index contributed by atoms with van der Waals surface area (Å²) >= 11 is 6.13. The Morgan fingerprint density at radius 3 is 2.56 bits per heavy atom. The highest BCUT2D eigenvalue weighted by Gasteiger charge is 2.42. The van der Waals surface area contributed by atoms with Gasteiger partial charge in [-0.25, -0.2) is 8.42 Å². The lowest BCUT2D eigenvalue weighted by Crippen LogP contribution is -2.53. The van der Waals surface area contributed by atoms with Crippen molar-refractivity contribution in [1.82, 2.24) is 5.32 Å². The van der Waals surface area contributed by atoms with Crippen LogP contribution < -0.4 is 14.9 Å². The number of nitrogens with zero attached hydrogens (tertiary/aromatic N) is 1. The van der Waals surface area contributed by atoms with Gasteiger partial charge in [0.15, 0.2) is 0 Å². The van der Waals surface area contributed by atoms with Crippen molar-refractivity contribution in [2.75, 3.05) is 23.3 Å². The van der Waals surface area contributed by atoms with E-state index in [1.807, 2.05) is 0 Å². The molecule has 11 heteroatoms. The van der Waals surface area contributed by atoms with Crippen LogP contribution in [0.2, 0.25) is 5.02 Å². The Bertz CT molecular complexity index is 1200. The Kier molecular flexibility index (Phi) is 6.75. The van der Waals surface area contributed by atoms with Crippen molar-refractivity contribution in [2.45, 2.75) is 31.2 Å². The number of aryl methyl sites for hydroxylation is 2. The number of sulfonamides is 1. The molecule has 0 saturated heterocycles. The number of nitrogens with one attached hydrogen (secondary N) is 2. The molecule has 0 aliphatic carbocycles. The number of ether oxygens (including phenoxy) is 1. The normalized spacial score (nSPS) is 15.6. The fourth-order valence-electron chi connectivity index (χ4n) is 3.36. The van der Waals surface area contributed by atoms with Gasteiger partial charge in [-0.05, 0) is 49.2 Å². The van der Waals surface area contributed by atoms with Crippen molar-refractivity contribution in [3.8, 4) is 0 Å². The van der Waals surface area contributed by atoms with Gasteiger partial charge in [0.1, 0.15) is 12.6 Å². The van der Waals surface area contributed by atoms with E-state index in [-0.39, 0.29) is 10.6 Å². The minimum absolute atomic E-state index is 0.0242. The molecule has 0 spiro atoms. The van der Waals surface area contributed by atoms with Crippen LogP contribution in [0.4, 0.5) is 11.4 Å². The van der Waals surface area contributed by atoms with Crippen LogP contribution >= 0.6 is 11.6 Å². The molecule has 0 saturated carbocycles. The van der Waals surface area contributed by atoms with Gasteiger partial charge in [0.2, 0.25) is 11.8 Å². The maximum Gasteiger partial charge on any atom is 0.325 e. The van der Waals surface area contributed by atoms with Crippen molar-refractivity contribution < 1.29 is 27.5 Å². The number of carbonyl (C=O) groups is 3. The minimum atomic E-state index is -4.27. The van der Waals surface area contributed by atoms with Gasteiger partial charge in [-0.15, -0.1) is 0 Å². The van der Waals surface area contributed by atoms with Gasteiger partial charge in [0.05, 0.1) is 29.8 Å². The molecule has 1 aliphatic heterocycles. The van der Waals surface area contributed by atoms with Gasteiger partial charge in [-0.2, -0.15) is 0 Å². The molecule has 1 unspecified atom stereocenters. The van der Waals surface area contributed by atoms with E-state index in [4.69, 9.17) is 11.6 Å². The smallest absolute Gasteiger partial charge is 0.325 e. The molecule has 2 aromatic rings. The summed E-state index contributed by atoms with van der Waals surface area (Å²) in [4.78, 5) is 36.6. The van der Waals surface area contributed by atoms with E-state index in [0.717, 1.165) is 4.31 Å². The number of hydrogen-bond donors (Lipinski definition) is 2. The fraction of sp³-hybridized carbons (Fsp3) is 0.286. The first-order valence-electron chi connectivity index (χ1n) is 9.61. The van der Waals surface area contributed by atoms with E-state index < -0.39 is 46.8 Å². The molecule has 2 amide bonds. The number of methoxy groups -OCH3 is 1. The summed E-state index contributed by atoms with van der Waals surface area (Å²) in [5, 5.41) is 5.39. The molecule has 2 aromatic carbocycles. The minimum Gasteiger partial charge on any atom is -0.468 e. The number of carbonyl (C=O) groups excluding carboxylic acids is 3. The predicted octanol–water partition coefficient (Wildman–Crippen LogP) is 2.15. The third kappa shape index (κ3) is 4.56. The number of benzene rings is 2. The molecule has 1 atom stereocenters. The maximum absolute atomic E-state index is 13.8. The lowest BCUT2D eigenvalue weighted by Gasteiger charge is -2.37. The highest BCUT2D eigenvalue weighted by molar-refractivity contribution is 7.93. The van der Waals surface area contributed by atoms with Gasteiger partial charge in [-0.3, -0.25) is 18.7 Å². The van der Waals surface area contributed by atoms with Gasteiger partial charge >= 0.3 is 5.97 Å². The molecule has 0 radical (unpaired) electrons.